The zero-order valence-corrected chi connectivity index (χ0v) is 9.70. The van der Waals surface area contributed by atoms with Crippen LogP contribution in [0.5, 0.6) is 0 Å². The number of halogens is 3. The molecule has 1 aromatic rings. The van der Waals surface area contributed by atoms with Crippen molar-refractivity contribution < 1.29 is 13.2 Å². The second kappa shape index (κ2) is 6.18. The summed E-state index contributed by atoms with van der Waals surface area (Å²) in [6.07, 6.45) is 3.91. The minimum Gasteiger partial charge on any atom is -0.160 e. The van der Waals surface area contributed by atoms with Gasteiger partial charge in [0.1, 0.15) is 0 Å². The summed E-state index contributed by atoms with van der Waals surface area (Å²) in [7, 11) is 0. The Labute approximate surface area is 98.2 Å². The van der Waals surface area contributed by atoms with Gasteiger partial charge < -0.3 is 0 Å². The summed E-state index contributed by atoms with van der Waals surface area (Å²) in [5, 5.41) is 0. The zero-order chi connectivity index (χ0) is 12.0. The van der Waals surface area contributed by atoms with Crippen LogP contribution in [0.4, 0.5) is 13.2 Å². The topological polar surface area (TPSA) is 0 Å². The average molecular weight is 247 g/mol. The van der Waals surface area contributed by atoms with E-state index in [2.05, 4.69) is 6.92 Å². The van der Waals surface area contributed by atoms with Gasteiger partial charge in [0.25, 0.3) is 0 Å². The van der Waals surface area contributed by atoms with Crippen molar-refractivity contribution in [3.63, 3.8) is 0 Å². The van der Waals surface area contributed by atoms with Gasteiger partial charge in [-0.05, 0) is 42.3 Å². The Morgan fingerprint density at radius 3 is 2.19 bits per heavy atom. The molecule has 16 heavy (non-hydrogen) atoms. The molecular formula is C12H14F3S. The third-order valence-electron chi connectivity index (χ3n) is 2.12. The van der Waals surface area contributed by atoms with Crippen LogP contribution in [0.1, 0.15) is 24.8 Å². The van der Waals surface area contributed by atoms with E-state index in [0.717, 1.165) is 31.2 Å². The maximum atomic E-state index is 12.0. The lowest BCUT2D eigenvalue weighted by molar-refractivity contribution is -0.0328. The van der Waals surface area contributed by atoms with Crippen LogP contribution in [0.3, 0.4) is 0 Å². The summed E-state index contributed by atoms with van der Waals surface area (Å²) in [5.74, 6) is 0. The third-order valence-corrected chi connectivity index (χ3v) is 2.86. The van der Waals surface area contributed by atoms with Crippen LogP contribution in [0.15, 0.2) is 29.2 Å². The predicted octanol–water partition coefficient (Wildman–Crippen LogP) is 4.85. The van der Waals surface area contributed by atoms with E-state index in [1.54, 1.807) is 12.1 Å². The van der Waals surface area contributed by atoms with Crippen LogP contribution in [-0.4, -0.2) is 5.51 Å². The molecule has 0 spiro atoms. The van der Waals surface area contributed by atoms with E-state index in [1.807, 2.05) is 0 Å². The van der Waals surface area contributed by atoms with Crippen molar-refractivity contribution in [1.82, 2.24) is 0 Å². The first-order chi connectivity index (χ1) is 7.51. The van der Waals surface area contributed by atoms with Crippen molar-refractivity contribution in [2.75, 3.05) is 0 Å². The highest BCUT2D eigenvalue weighted by molar-refractivity contribution is 8.00. The van der Waals surface area contributed by atoms with Gasteiger partial charge >= 0.3 is 5.51 Å². The number of alkyl halides is 3. The van der Waals surface area contributed by atoms with Gasteiger partial charge in [0.15, 0.2) is 0 Å². The summed E-state index contributed by atoms with van der Waals surface area (Å²) < 4.78 is 36.1. The maximum Gasteiger partial charge on any atom is 0.446 e. The van der Waals surface area contributed by atoms with Gasteiger partial charge in [0, 0.05) is 4.90 Å². The lowest BCUT2D eigenvalue weighted by atomic mass is 10.1. The van der Waals surface area contributed by atoms with Crippen LogP contribution < -0.4 is 0 Å². The van der Waals surface area contributed by atoms with E-state index in [0.29, 0.717) is 0 Å². The average Bonchev–Trinajstić information content (AvgIpc) is 2.19. The molecule has 4 heteroatoms. The Bertz CT molecular complexity index is 303. The SMILES string of the molecule is [CH2]CCCCc1ccc(SC(F)(F)F)cc1. The molecule has 0 bridgehead atoms. The van der Waals surface area contributed by atoms with E-state index < -0.39 is 5.51 Å². The van der Waals surface area contributed by atoms with Crippen molar-refractivity contribution in [3.05, 3.63) is 36.8 Å². The van der Waals surface area contributed by atoms with Crippen molar-refractivity contribution in [3.8, 4) is 0 Å². The van der Waals surface area contributed by atoms with Crippen molar-refractivity contribution in [2.24, 2.45) is 0 Å². The second-order valence-electron chi connectivity index (χ2n) is 3.50. The molecule has 0 unspecified atom stereocenters. The number of rotatable bonds is 5. The van der Waals surface area contributed by atoms with E-state index >= 15 is 0 Å². The fraction of sp³-hybridized carbons (Fsp3) is 0.417. The van der Waals surface area contributed by atoms with Crippen molar-refractivity contribution in [2.45, 2.75) is 36.1 Å². The molecule has 0 atom stereocenters. The Kier molecular flexibility index (Phi) is 5.19. The Morgan fingerprint density at radius 1 is 1.06 bits per heavy atom. The summed E-state index contributed by atoms with van der Waals surface area (Å²) in [4.78, 5) is 0.244. The van der Waals surface area contributed by atoms with E-state index in [4.69, 9.17) is 0 Å². The van der Waals surface area contributed by atoms with Crippen LogP contribution in [-0.2, 0) is 6.42 Å². The molecule has 0 saturated heterocycles. The maximum absolute atomic E-state index is 12.0. The molecule has 0 fully saturated rings. The fourth-order valence-corrected chi connectivity index (χ4v) is 1.90. The molecule has 0 aliphatic rings. The van der Waals surface area contributed by atoms with Crippen molar-refractivity contribution in [1.29, 1.82) is 0 Å². The normalized spacial score (nSPS) is 11.8. The Hall–Kier alpha value is -0.640. The van der Waals surface area contributed by atoms with Crippen molar-refractivity contribution >= 4 is 11.8 Å². The monoisotopic (exact) mass is 247 g/mol. The van der Waals surface area contributed by atoms with Gasteiger partial charge in [-0.25, -0.2) is 0 Å². The summed E-state index contributed by atoms with van der Waals surface area (Å²) in [5.41, 5.74) is -3.12. The minimum atomic E-state index is -4.20. The van der Waals surface area contributed by atoms with Gasteiger partial charge in [0.2, 0.25) is 0 Å². The highest BCUT2D eigenvalue weighted by Gasteiger charge is 2.28. The van der Waals surface area contributed by atoms with Crippen LogP contribution in [0.25, 0.3) is 0 Å². The van der Waals surface area contributed by atoms with Crippen LogP contribution in [0, 0.1) is 6.92 Å². The van der Waals surface area contributed by atoms with E-state index in [-0.39, 0.29) is 16.7 Å². The molecule has 0 aliphatic heterocycles. The molecule has 0 aliphatic carbocycles. The number of aryl methyl sites for hydroxylation is 1. The molecule has 1 rings (SSSR count). The van der Waals surface area contributed by atoms with Crippen LogP contribution in [0.2, 0.25) is 0 Å². The first kappa shape index (κ1) is 13.4. The molecule has 0 aromatic heterocycles. The number of hydrogen-bond donors (Lipinski definition) is 0. The van der Waals surface area contributed by atoms with Gasteiger partial charge in [-0.3, -0.25) is 0 Å². The first-order valence-corrected chi connectivity index (χ1v) is 5.97. The Balaban J connectivity index is 2.48. The molecule has 0 heterocycles. The summed E-state index contributed by atoms with van der Waals surface area (Å²) in [6.45, 7) is 3.74. The lowest BCUT2D eigenvalue weighted by Gasteiger charge is -2.06. The number of thioether (sulfide) groups is 1. The highest BCUT2D eigenvalue weighted by atomic mass is 32.2. The van der Waals surface area contributed by atoms with E-state index in [9.17, 15) is 13.2 Å². The molecule has 1 aromatic carbocycles. The smallest absolute Gasteiger partial charge is 0.160 e. The quantitative estimate of drug-likeness (QED) is 0.529. The zero-order valence-electron chi connectivity index (χ0n) is 8.89. The molecule has 0 N–H and O–H groups in total. The first-order valence-electron chi connectivity index (χ1n) is 5.15. The molecule has 89 valence electrons. The van der Waals surface area contributed by atoms with E-state index in [1.165, 1.54) is 12.1 Å². The molecule has 0 nitrogen and oxygen atoms in total. The number of unbranched alkanes of at least 4 members (excludes halogenated alkanes) is 2. The second-order valence-corrected chi connectivity index (χ2v) is 4.64. The lowest BCUT2D eigenvalue weighted by Crippen LogP contribution is -1.98. The van der Waals surface area contributed by atoms with Gasteiger partial charge in [-0.1, -0.05) is 31.9 Å². The molecule has 0 amide bonds. The largest absolute Gasteiger partial charge is 0.446 e. The number of hydrogen-bond acceptors (Lipinski definition) is 1. The Morgan fingerprint density at radius 2 is 1.69 bits per heavy atom. The van der Waals surface area contributed by atoms with Crippen LogP contribution >= 0.6 is 11.8 Å². The molecule has 1 radical (unpaired) electrons. The molecular weight excluding hydrogens is 233 g/mol. The minimum absolute atomic E-state index is 0.0722. The van der Waals surface area contributed by atoms with Gasteiger partial charge in [0.05, 0.1) is 0 Å². The summed E-state index contributed by atoms with van der Waals surface area (Å²) in [6, 6.07) is 6.57. The predicted molar refractivity (Wildman–Crippen MR) is 61.3 cm³/mol. The standard InChI is InChI=1S/C12H14F3S/c1-2-3-4-5-10-6-8-11(9-7-10)16-12(13,14)15/h6-9H,1-5H2. The number of benzene rings is 1. The highest BCUT2D eigenvalue weighted by Crippen LogP contribution is 2.36. The van der Waals surface area contributed by atoms with Gasteiger partial charge in [-0.15, -0.1) is 0 Å². The van der Waals surface area contributed by atoms with Gasteiger partial charge in [-0.2, -0.15) is 13.2 Å². The fourth-order valence-electron chi connectivity index (χ4n) is 1.36. The summed E-state index contributed by atoms with van der Waals surface area (Å²) >= 11 is -0.0722. The molecule has 0 saturated carbocycles. The third kappa shape index (κ3) is 5.45.